The molecular weight excluding hydrogens is 334 g/mol. The third-order valence-electron chi connectivity index (χ3n) is 3.43. The minimum Gasteiger partial charge on any atom is -0.354 e. The van der Waals surface area contributed by atoms with E-state index in [0.717, 1.165) is 22.8 Å². The van der Waals surface area contributed by atoms with Gasteiger partial charge in [0.25, 0.3) is 0 Å². The smallest absolute Gasteiger partial charge is 0.224 e. The molecule has 1 aromatic carbocycles. The summed E-state index contributed by atoms with van der Waals surface area (Å²) in [4.78, 5) is 27.7. The van der Waals surface area contributed by atoms with Gasteiger partial charge in [0, 0.05) is 37.2 Å². The molecule has 2 aromatic rings. The standard InChI is InChI=1S/C19H23N3O2S/c23-18(9-13-25-15-17-8-4-5-10-20-17)21-11-12-22-19(24)14-16-6-2-1-3-7-16/h1-8,10H,9,11-15H2,(H,21,23)(H,22,24). The van der Waals surface area contributed by atoms with Crippen LogP contribution in [0.4, 0.5) is 0 Å². The summed E-state index contributed by atoms with van der Waals surface area (Å²) in [5.41, 5.74) is 2.00. The molecular formula is C19H23N3O2S. The fourth-order valence-corrected chi connectivity index (χ4v) is 3.02. The molecule has 0 radical (unpaired) electrons. The summed E-state index contributed by atoms with van der Waals surface area (Å²) < 4.78 is 0. The number of carbonyl (C=O) groups is 2. The molecule has 0 fully saturated rings. The number of rotatable bonds is 10. The largest absolute Gasteiger partial charge is 0.354 e. The summed E-state index contributed by atoms with van der Waals surface area (Å²) in [5.74, 6) is 1.53. The number of amides is 2. The molecule has 0 saturated carbocycles. The van der Waals surface area contributed by atoms with Crippen molar-refractivity contribution in [1.29, 1.82) is 0 Å². The van der Waals surface area contributed by atoms with Crippen molar-refractivity contribution in [3.8, 4) is 0 Å². The monoisotopic (exact) mass is 357 g/mol. The predicted octanol–water partition coefficient (Wildman–Crippen LogP) is 2.18. The van der Waals surface area contributed by atoms with E-state index >= 15 is 0 Å². The van der Waals surface area contributed by atoms with Crippen LogP contribution in [-0.4, -0.2) is 35.6 Å². The molecule has 0 spiro atoms. The maximum atomic E-state index is 11.8. The van der Waals surface area contributed by atoms with E-state index < -0.39 is 0 Å². The van der Waals surface area contributed by atoms with E-state index in [9.17, 15) is 9.59 Å². The van der Waals surface area contributed by atoms with Crippen LogP contribution in [0.5, 0.6) is 0 Å². The van der Waals surface area contributed by atoms with Crippen LogP contribution >= 0.6 is 11.8 Å². The average Bonchev–Trinajstić information content (AvgIpc) is 2.64. The van der Waals surface area contributed by atoms with Crippen LogP contribution in [0.15, 0.2) is 54.7 Å². The molecule has 2 N–H and O–H groups in total. The van der Waals surface area contributed by atoms with E-state index in [1.807, 2.05) is 48.5 Å². The highest BCUT2D eigenvalue weighted by atomic mass is 32.2. The number of thioether (sulfide) groups is 1. The van der Waals surface area contributed by atoms with Gasteiger partial charge in [-0.3, -0.25) is 14.6 Å². The zero-order valence-corrected chi connectivity index (χ0v) is 14.9. The third kappa shape index (κ3) is 8.35. The number of hydrogen-bond donors (Lipinski definition) is 2. The Bertz CT molecular complexity index is 650. The zero-order chi connectivity index (χ0) is 17.7. The normalized spacial score (nSPS) is 10.2. The van der Waals surface area contributed by atoms with Gasteiger partial charge in [0.2, 0.25) is 11.8 Å². The lowest BCUT2D eigenvalue weighted by Crippen LogP contribution is -2.35. The molecule has 0 saturated heterocycles. The van der Waals surface area contributed by atoms with E-state index in [4.69, 9.17) is 0 Å². The van der Waals surface area contributed by atoms with Crippen molar-refractivity contribution < 1.29 is 9.59 Å². The molecule has 2 amide bonds. The highest BCUT2D eigenvalue weighted by Crippen LogP contribution is 2.10. The number of hydrogen-bond acceptors (Lipinski definition) is 4. The molecule has 0 bridgehead atoms. The van der Waals surface area contributed by atoms with Crippen LogP contribution in [0, 0.1) is 0 Å². The fourth-order valence-electron chi connectivity index (χ4n) is 2.16. The summed E-state index contributed by atoms with van der Waals surface area (Å²) in [6.45, 7) is 0.892. The van der Waals surface area contributed by atoms with Crippen molar-refractivity contribution in [3.05, 3.63) is 66.0 Å². The second-order valence-electron chi connectivity index (χ2n) is 5.49. The Labute approximate surface area is 152 Å². The Hall–Kier alpha value is -2.34. The lowest BCUT2D eigenvalue weighted by Gasteiger charge is -2.07. The molecule has 5 nitrogen and oxygen atoms in total. The van der Waals surface area contributed by atoms with E-state index in [2.05, 4.69) is 15.6 Å². The SMILES string of the molecule is O=C(CCSCc1ccccn1)NCCNC(=O)Cc1ccccc1. The van der Waals surface area contributed by atoms with Crippen LogP contribution < -0.4 is 10.6 Å². The molecule has 132 valence electrons. The number of aromatic nitrogens is 1. The second kappa shape index (κ2) is 11.3. The van der Waals surface area contributed by atoms with Crippen molar-refractivity contribution in [1.82, 2.24) is 15.6 Å². The maximum Gasteiger partial charge on any atom is 0.224 e. The van der Waals surface area contributed by atoms with Gasteiger partial charge in [-0.2, -0.15) is 11.8 Å². The summed E-state index contributed by atoms with van der Waals surface area (Å²) in [7, 11) is 0. The third-order valence-corrected chi connectivity index (χ3v) is 4.42. The zero-order valence-electron chi connectivity index (χ0n) is 14.1. The van der Waals surface area contributed by atoms with Gasteiger partial charge in [-0.15, -0.1) is 0 Å². The van der Waals surface area contributed by atoms with Crippen molar-refractivity contribution in [2.45, 2.75) is 18.6 Å². The van der Waals surface area contributed by atoms with Crippen LogP contribution in [0.3, 0.4) is 0 Å². The van der Waals surface area contributed by atoms with E-state index in [1.54, 1.807) is 18.0 Å². The molecule has 1 aromatic heterocycles. The first-order valence-corrected chi connectivity index (χ1v) is 9.44. The first-order valence-electron chi connectivity index (χ1n) is 8.29. The second-order valence-corrected chi connectivity index (χ2v) is 6.59. The van der Waals surface area contributed by atoms with Gasteiger partial charge in [-0.05, 0) is 17.7 Å². The van der Waals surface area contributed by atoms with Crippen LogP contribution in [0.1, 0.15) is 17.7 Å². The van der Waals surface area contributed by atoms with Crippen molar-refractivity contribution >= 4 is 23.6 Å². The first kappa shape index (κ1) is 19.0. The number of carbonyl (C=O) groups excluding carboxylic acids is 2. The van der Waals surface area contributed by atoms with Crippen LogP contribution in [0.25, 0.3) is 0 Å². The van der Waals surface area contributed by atoms with E-state index in [1.165, 1.54) is 0 Å². The van der Waals surface area contributed by atoms with Gasteiger partial charge in [-0.1, -0.05) is 36.4 Å². The topological polar surface area (TPSA) is 71.1 Å². The number of nitrogens with zero attached hydrogens (tertiary/aromatic N) is 1. The number of pyridine rings is 1. The summed E-state index contributed by atoms with van der Waals surface area (Å²) in [6, 6.07) is 15.4. The van der Waals surface area contributed by atoms with Gasteiger partial charge in [-0.25, -0.2) is 0 Å². The molecule has 2 rings (SSSR count). The van der Waals surface area contributed by atoms with Crippen molar-refractivity contribution in [2.75, 3.05) is 18.8 Å². The molecule has 0 unspecified atom stereocenters. The Balaban J connectivity index is 1.48. The maximum absolute atomic E-state index is 11.8. The molecule has 1 heterocycles. The highest BCUT2D eigenvalue weighted by molar-refractivity contribution is 7.98. The summed E-state index contributed by atoms with van der Waals surface area (Å²) >= 11 is 1.69. The van der Waals surface area contributed by atoms with Crippen LogP contribution in [-0.2, 0) is 21.8 Å². The lowest BCUT2D eigenvalue weighted by atomic mass is 10.1. The Kier molecular flexibility index (Phi) is 8.55. The molecule has 0 atom stereocenters. The minimum absolute atomic E-state index is 0.00540. The van der Waals surface area contributed by atoms with Crippen molar-refractivity contribution in [3.63, 3.8) is 0 Å². The number of nitrogens with one attached hydrogen (secondary N) is 2. The molecule has 6 heteroatoms. The van der Waals surface area contributed by atoms with E-state index in [0.29, 0.717) is 25.9 Å². The Morgan fingerprint density at radius 1 is 0.920 bits per heavy atom. The summed E-state index contributed by atoms with van der Waals surface area (Å²) in [6.07, 6.45) is 2.60. The molecule has 0 aliphatic heterocycles. The van der Waals surface area contributed by atoms with E-state index in [-0.39, 0.29) is 11.8 Å². The molecule has 25 heavy (non-hydrogen) atoms. The molecule has 0 aliphatic rings. The van der Waals surface area contributed by atoms with Gasteiger partial charge in [0.1, 0.15) is 0 Å². The van der Waals surface area contributed by atoms with Gasteiger partial charge >= 0.3 is 0 Å². The average molecular weight is 357 g/mol. The summed E-state index contributed by atoms with van der Waals surface area (Å²) in [5, 5.41) is 5.63. The minimum atomic E-state index is -0.0358. The lowest BCUT2D eigenvalue weighted by molar-refractivity contribution is -0.122. The fraction of sp³-hybridized carbons (Fsp3) is 0.316. The van der Waals surface area contributed by atoms with Crippen molar-refractivity contribution in [2.24, 2.45) is 0 Å². The van der Waals surface area contributed by atoms with Gasteiger partial charge < -0.3 is 10.6 Å². The van der Waals surface area contributed by atoms with Gasteiger partial charge in [0.05, 0.1) is 12.1 Å². The van der Waals surface area contributed by atoms with Gasteiger partial charge in [0.15, 0.2) is 0 Å². The quantitative estimate of drug-likeness (QED) is 0.640. The highest BCUT2D eigenvalue weighted by Gasteiger charge is 2.04. The first-order chi connectivity index (χ1) is 12.2. The predicted molar refractivity (Wildman–Crippen MR) is 101 cm³/mol. The molecule has 0 aliphatic carbocycles. The van der Waals surface area contributed by atoms with Crippen LogP contribution in [0.2, 0.25) is 0 Å². The Morgan fingerprint density at radius 2 is 1.64 bits per heavy atom. The Morgan fingerprint density at radius 3 is 2.36 bits per heavy atom. The number of benzene rings is 1.